The van der Waals surface area contributed by atoms with Gasteiger partial charge < -0.3 is 30.1 Å². The van der Waals surface area contributed by atoms with Gasteiger partial charge in [-0.2, -0.15) is 13.2 Å². The molecule has 1 heterocycles. The van der Waals surface area contributed by atoms with Crippen LogP contribution in [0.3, 0.4) is 0 Å². The minimum Gasteiger partial charge on any atom is -0.478 e. The summed E-state index contributed by atoms with van der Waals surface area (Å²) in [5.41, 5.74) is 2.82. The number of nitro benzene ring substituents is 1. The first-order chi connectivity index (χ1) is 26.4. The standard InChI is InChI=1S/C40H46F3N5O7Si/c1-46(2)27-9-12-30-35(23-27)56(5,6)36-24-28(47(3)4)10-13-31(36)37(30)32-21-25(7-11-29(32)39(50)51)38(49)45-16-18-55-20-19-54-17-15-44-33-22-26(40(41,42)43)8-14-34(33)48(52)53/h7-14,21-24,27,44H,15-20H2,1-6H3,(H,45,49)(H,50,51). The first-order valence-electron chi connectivity index (χ1n) is 18.0. The normalized spacial score (nSPS) is 15.9. The van der Waals surface area contributed by atoms with Gasteiger partial charge in [0.2, 0.25) is 0 Å². The van der Waals surface area contributed by atoms with Crippen LogP contribution in [-0.4, -0.2) is 109 Å². The zero-order valence-corrected chi connectivity index (χ0v) is 33.1. The van der Waals surface area contributed by atoms with Gasteiger partial charge in [0.15, 0.2) is 0 Å². The molecule has 3 aromatic rings. The molecule has 1 unspecified atom stereocenters. The van der Waals surface area contributed by atoms with Gasteiger partial charge in [-0.15, -0.1) is 0 Å². The molecule has 3 aromatic carbocycles. The molecule has 56 heavy (non-hydrogen) atoms. The van der Waals surface area contributed by atoms with Crippen LogP contribution in [0.5, 0.6) is 0 Å². The minimum atomic E-state index is -4.64. The second-order valence-corrected chi connectivity index (χ2v) is 18.7. The van der Waals surface area contributed by atoms with Gasteiger partial charge in [0.25, 0.3) is 11.6 Å². The highest BCUT2D eigenvalue weighted by Gasteiger charge is 2.41. The quantitative estimate of drug-likeness (QED) is 0.0689. The van der Waals surface area contributed by atoms with Crippen LogP contribution >= 0.6 is 0 Å². The molecule has 0 saturated carbocycles. The van der Waals surface area contributed by atoms with Crippen molar-refractivity contribution in [1.29, 1.82) is 0 Å². The summed E-state index contributed by atoms with van der Waals surface area (Å²) in [6.07, 6.45) is 1.83. The van der Waals surface area contributed by atoms with E-state index in [2.05, 4.69) is 63.9 Å². The number of rotatable bonds is 16. The maximum absolute atomic E-state index is 13.4. The van der Waals surface area contributed by atoms with E-state index in [0.717, 1.165) is 28.5 Å². The van der Waals surface area contributed by atoms with Crippen LogP contribution in [0.2, 0.25) is 13.1 Å². The molecule has 1 amide bonds. The number of allylic oxidation sites excluding steroid dienone is 3. The van der Waals surface area contributed by atoms with E-state index >= 15 is 0 Å². The molecule has 1 aliphatic carbocycles. The molecule has 0 bridgehead atoms. The number of halogens is 3. The molecular weight excluding hydrogens is 748 g/mol. The molecule has 0 saturated heterocycles. The maximum atomic E-state index is 13.4. The van der Waals surface area contributed by atoms with Crippen molar-refractivity contribution >= 4 is 47.8 Å². The highest BCUT2D eigenvalue weighted by atomic mass is 28.3. The van der Waals surface area contributed by atoms with Crippen molar-refractivity contribution in [2.45, 2.75) is 25.3 Å². The molecule has 5 rings (SSSR count). The molecular formula is C40H46F3N5O7Si. The number of hydrogen-bond acceptors (Lipinski definition) is 9. The van der Waals surface area contributed by atoms with E-state index in [-0.39, 0.29) is 56.8 Å². The molecule has 0 aromatic heterocycles. The Balaban J connectivity index is 1.23. The number of nitrogens with zero attached hydrogens (tertiary/aromatic N) is 3. The fourth-order valence-corrected chi connectivity index (χ4v) is 9.97. The van der Waals surface area contributed by atoms with E-state index in [1.54, 1.807) is 6.07 Å². The summed E-state index contributed by atoms with van der Waals surface area (Å²) in [6.45, 7) is 5.28. The molecule has 1 aliphatic heterocycles. The molecule has 1 atom stereocenters. The maximum Gasteiger partial charge on any atom is 0.416 e. The molecule has 2 aliphatic rings. The molecule has 12 nitrogen and oxygen atoms in total. The van der Waals surface area contributed by atoms with E-state index in [4.69, 9.17) is 9.47 Å². The predicted octanol–water partition coefficient (Wildman–Crippen LogP) is 5.95. The number of benzene rings is 3. The Morgan fingerprint density at radius 3 is 2.25 bits per heavy atom. The number of aromatic carboxylic acids is 1. The van der Waals surface area contributed by atoms with Crippen LogP contribution in [0.25, 0.3) is 5.57 Å². The molecule has 16 heteroatoms. The van der Waals surface area contributed by atoms with Crippen LogP contribution in [-0.2, 0) is 15.7 Å². The van der Waals surface area contributed by atoms with Crippen LogP contribution in [0.15, 0.2) is 83.6 Å². The number of fused-ring (bicyclic) bond motifs is 2. The number of carbonyl (C=O) groups excluding carboxylic acids is 1. The van der Waals surface area contributed by atoms with E-state index in [1.165, 1.54) is 22.5 Å². The van der Waals surface area contributed by atoms with E-state index in [0.29, 0.717) is 23.3 Å². The third-order valence-electron chi connectivity index (χ3n) is 9.86. The van der Waals surface area contributed by atoms with Gasteiger partial charge in [-0.05, 0) is 89.2 Å². The van der Waals surface area contributed by atoms with Crippen molar-refractivity contribution in [2.75, 3.05) is 77.9 Å². The molecule has 0 spiro atoms. The third-order valence-corrected chi connectivity index (χ3v) is 13.4. The average Bonchev–Trinajstić information content (AvgIpc) is 3.14. The summed E-state index contributed by atoms with van der Waals surface area (Å²) in [7, 11) is 5.75. The highest BCUT2D eigenvalue weighted by Crippen LogP contribution is 2.43. The van der Waals surface area contributed by atoms with E-state index < -0.39 is 42.3 Å². The number of carbonyl (C=O) groups is 2. The summed E-state index contributed by atoms with van der Waals surface area (Å²) in [5.74, 6) is -1.51. The largest absolute Gasteiger partial charge is 0.478 e. The predicted molar refractivity (Wildman–Crippen MR) is 213 cm³/mol. The van der Waals surface area contributed by atoms with Crippen LogP contribution in [0.4, 0.5) is 30.2 Å². The number of amides is 1. The zero-order valence-electron chi connectivity index (χ0n) is 32.1. The van der Waals surface area contributed by atoms with Gasteiger partial charge in [0, 0.05) is 50.5 Å². The van der Waals surface area contributed by atoms with Gasteiger partial charge >= 0.3 is 12.1 Å². The smallest absolute Gasteiger partial charge is 0.416 e. The lowest BCUT2D eigenvalue weighted by molar-refractivity contribution is -0.384. The van der Waals surface area contributed by atoms with Gasteiger partial charge in [0.1, 0.15) is 13.8 Å². The summed E-state index contributed by atoms with van der Waals surface area (Å²) in [5, 5.41) is 29.4. The lowest BCUT2D eigenvalue weighted by atomic mass is 9.86. The summed E-state index contributed by atoms with van der Waals surface area (Å²) in [6, 6.07) is 13.1. The number of carboxylic acids is 1. The van der Waals surface area contributed by atoms with Gasteiger partial charge in [0.05, 0.1) is 42.5 Å². The molecule has 0 fully saturated rings. The van der Waals surface area contributed by atoms with Gasteiger partial charge in [-0.25, -0.2) is 4.79 Å². The third kappa shape index (κ3) is 9.21. The Kier molecular flexibility index (Phi) is 12.9. The van der Waals surface area contributed by atoms with Crippen LogP contribution in [0.1, 0.15) is 37.4 Å². The van der Waals surface area contributed by atoms with Crippen molar-refractivity contribution in [3.05, 3.63) is 122 Å². The van der Waals surface area contributed by atoms with Crippen molar-refractivity contribution < 1.29 is 42.3 Å². The van der Waals surface area contributed by atoms with Crippen molar-refractivity contribution in [2.24, 2.45) is 0 Å². The first-order valence-corrected chi connectivity index (χ1v) is 21.0. The number of alkyl halides is 3. The van der Waals surface area contributed by atoms with E-state index in [9.17, 15) is 38.0 Å². The zero-order chi connectivity index (χ0) is 40.9. The van der Waals surface area contributed by atoms with Crippen molar-refractivity contribution in [1.82, 2.24) is 10.2 Å². The molecule has 3 N–H and O–H groups in total. The lowest BCUT2D eigenvalue weighted by Gasteiger charge is -2.40. The van der Waals surface area contributed by atoms with Gasteiger partial charge in [-0.1, -0.05) is 37.4 Å². The number of nitrogens with one attached hydrogen (secondary N) is 2. The average molecular weight is 794 g/mol. The molecule has 0 radical (unpaired) electrons. The second-order valence-electron chi connectivity index (χ2n) is 14.4. The molecule has 298 valence electrons. The monoisotopic (exact) mass is 793 g/mol. The number of anilines is 2. The number of likely N-dealkylation sites (N-methyl/N-ethyl adjacent to an activating group) is 1. The van der Waals surface area contributed by atoms with Crippen LogP contribution in [0, 0.1) is 10.1 Å². The fourth-order valence-electron chi connectivity index (χ4n) is 6.82. The summed E-state index contributed by atoms with van der Waals surface area (Å²) < 4.78 is 50.2. The minimum absolute atomic E-state index is 0.0200. The highest BCUT2D eigenvalue weighted by molar-refractivity contribution is 6.97. The topological polar surface area (TPSA) is 147 Å². The Labute approximate surface area is 324 Å². The Morgan fingerprint density at radius 2 is 1.62 bits per heavy atom. The number of carboxylic acid groups (broad SMARTS) is 1. The number of hydrogen-bond donors (Lipinski definition) is 3. The van der Waals surface area contributed by atoms with Crippen LogP contribution < -0.4 is 20.7 Å². The lowest BCUT2D eigenvalue weighted by Crippen LogP contribution is -2.50. The summed E-state index contributed by atoms with van der Waals surface area (Å²) in [4.78, 5) is 40.7. The van der Waals surface area contributed by atoms with Crippen molar-refractivity contribution in [3.8, 4) is 0 Å². The first kappa shape index (κ1) is 41.9. The number of nitro groups is 1. The Hall–Kier alpha value is -5.29. The summed E-state index contributed by atoms with van der Waals surface area (Å²) >= 11 is 0. The SMILES string of the molecule is CN(C)c1ccc2c(c1)[Si](C)(C)C1=CC(N(C)C)C=CC1=C2c1cc(C(=O)NCCOCCOCCNc2cc(C(F)(F)F)ccc2[N+](=O)[O-])ccc1C(=O)O. The van der Waals surface area contributed by atoms with Gasteiger partial charge in [-0.3, -0.25) is 19.8 Å². The Bertz CT molecular complexity index is 2100. The second kappa shape index (κ2) is 17.2. The fraction of sp³-hybridized carbons (Fsp3) is 0.350. The van der Waals surface area contributed by atoms with E-state index in [1.807, 2.05) is 34.3 Å². The Morgan fingerprint density at radius 1 is 0.929 bits per heavy atom. The van der Waals surface area contributed by atoms with Crippen molar-refractivity contribution in [3.63, 3.8) is 0 Å². The number of ether oxygens (including phenoxy) is 2.